The van der Waals surface area contributed by atoms with E-state index < -0.39 is 11.9 Å². The van der Waals surface area contributed by atoms with Crippen LogP contribution in [0.25, 0.3) is 0 Å². The lowest BCUT2D eigenvalue weighted by Gasteiger charge is -2.10. The van der Waals surface area contributed by atoms with E-state index in [9.17, 15) is 9.59 Å². The monoisotopic (exact) mass is 429 g/mol. The van der Waals surface area contributed by atoms with Gasteiger partial charge < -0.3 is 14.2 Å². The van der Waals surface area contributed by atoms with Crippen molar-refractivity contribution in [2.45, 2.75) is 0 Å². The van der Waals surface area contributed by atoms with E-state index >= 15 is 0 Å². The molecular formula is C24H19N3O5. The number of nitrogens with zero attached hydrogens (tertiary/aromatic N) is 2. The maximum atomic E-state index is 12.4. The van der Waals surface area contributed by atoms with Crippen LogP contribution in [0.15, 0.2) is 71.8 Å². The van der Waals surface area contributed by atoms with Gasteiger partial charge in [0.05, 0.1) is 37.6 Å². The average Bonchev–Trinajstić information content (AvgIpc) is 2.84. The van der Waals surface area contributed by atoms with E-state index in [2.05, 4.69) is 10.5 Å². The van der Waals surface area contributed by atoms with Crippen LogP contribution in [0.1, 0.15) is 31.8 Å². The summed E-state index contributed by atoms with van der Waals surface area (Å²) in [5, 5.41) is 12.7. The molecule has 0 fully saturated rings. The first-order chi connectivity index (χ1) is 15.5. The molecule has 1 amide bonds. The fraction of sp³-hybridized carbons (Fsp3) is 0.0833. The Morgan fingerprint density at radius 2 is 1.72 bits per heavy atom. The quantitative estimate of drug-likeness (QED) is 0.266. The van der Waals surface area contributed by atoms with Gasteiger partial charge in [-0.2, -0.15) is 10.4 Å². The second-order valence-electron chi connectivity index (χ2n) is 6.42. The molecule has 3 rings (SSSR count). The lowest BCUT2D eigenvalue weighted by molar-refractivity contribution is 0.0729. The minimum Gasteiger partial charge on any atom is -0.497 e. The van der Waals surface area contributed by atoms with Gasteiger partial charge in [-0.05, 0) is 66.2 Å². The van der Waals surface area contributed by atoms with Crippen LogP contribution < -0.4 is 19.6 Å². The molecule has 1 N–H and O–H groups in total. The summed E-state index contributed by atoms with van der Waals surface area (Å²) in [6.07, 6.45) is 1.43. The molecule has 0 unspecified atom stereocenters. The number of benzene rings is 3. The summed E-state index contributed by atoms with van der Waals surface area (Å²) >= 11 is 0. The molecule has 32 heavy (non-hydrogen) atoms. The Morgan fingerprint density at radius 1 is 0.938 bits per heavy atom. The highest BCUT2D eigenvalue weighted by Gasteiger charge is 2.13. The van der Waals surface area contributed by atoms with Crippen LogP contribution in [0, 0.1) is 11.3 Å². The summed E-state index contributed by atoms with van der Waals surface area (Å²) in [4.78, 5) is 24.5. The van der Waals surface area contributed by atoms with E-state index in [0.717, 1.165) is 0 Å². The zero-order valence-corrected chi connectivity index (χ0v) is 17.4. The molecule has 0 spiro atoms. The first kappa shape index (κ1) is 22.1. The van der Waals surface area contributed by atoms with Crippen LogP contribution >= 0.6 is 0 Å². The highest BCUT2D eigenvalue weighted by molar-refractivity contribution is 5.95. The van der Waals surface area contributed by atoms with E-state index in [1.165, 1.54) is 32.6 Å². The van der Waals surface area contributed by atoms with Crippen LogP contribution in [-0.4, -0.2) is 32.3 Å². The van der Waals surface area contributed by atoms with Crippen molar-refractivity contribution < 1.29 is 23.8 Å². The standard InChI is InChI=1S/C24H19N3O5/c1-30-20-5-3-4-19(13-20)24(29)32-21-11-8-17(12-22(21)31-2)15-26-27-23(28)18-9-6-16(14-25)7-10-18/h3-13,15H,1-2H3,(H,27,28)/b26-15-. The summed E-state index contributed by atoms with van der Waals surface area (Å²) in [6, 6.07) is 19.6. The van der Waals surface area contributed by atoms with Crippen molar-refractivity contribution in [1.29, 1.82) is 5.26 Å². The zero-order chi connectivity index (χ0) is 22.9. The van der Waals surface area contributed by atoms with E-state index in [1.807, 2.05) is 6.07 Å². The number of hydrazone groups is 1. The predicted molar refractivity (Wildman–Crippen MR) is 117 cm³/mol. The SMILES string of the molecule is COc1cccc(C(=O)Oc2ccc(/C=N\NC(=O)c3ccc(C#N)cc3)cc2OC)c1. The van der Waals surface area contributed by atoms with E-state index in [4.69, 9.17) is 19.5 Å². The van der Waals surface area contributed by atoms with Crippen molar-refractivity contribution in [3.8, 4) is 23.3 Å². The fourth-order valence-corrected chi connectivity index (χ4v) is 2.68. The Labute approximate surface area is 184 Å². The Balaban J connectivity index is 1.67. The Bertz CT molecular complexity index is 1200. The Hall–Kier alpha value is -4.64. The van der Waals surface area contributed by atoms with Crippen molar-refractivity contribution in [2.24, 2.45) is 5.10 Å². The molecule has 0 saturated heterocycles. The van der Waals surface area contributed by atoms with Gasteiger partial charge in [-0.25, -0.2) is 10.2 Å². The third-order valence-electron chi connectivity index (χ3n) is 4.35. The summed E-state index contributed by atoms with van der Waals surface area (Å²) in [5.74, 6) is 0.128. The number of methoxy groups -OCH3 is 2. The van der Waals surface area contributed by atoms with Crippen LogP contribution in [0.5, 0.6) is 17.2 Å². The fourth-order valence-electron chi connectivity index (χ4n) is 2.68. The van der Waals surface area contributed by atoms with Crippen LogP contribution in [0.3, 0.4) is 0 Å². The van der Waals surface area contributed by atoms with Crippen LogP contribution in [-0.2, 0) is 0 Å². The largest absolute Gasteiger partial charge is 0.497 e. The first-order valence-electron chi connectivity index (χ1n) is 9.42. The molecule has 0 atom stereocenters. The highest BCUT2D eigenvalue weighted by atomic mass is 16.6. The lowest BCUT2D eigenvalue weighted by atomic mass is 10.1. The molecule has 3 aromatic carbocycles. The van der Waals surface area contributed by atoms with Gasteiger partial charge in [-0.1, -0.05) is 6.07 Å². The number of carbonyl (C=O) groups is 2. The van der Waals surface area contributed by atoms with Crippen molar-refractivity contribution >= 4 is 18.1 Å². The molecule has 160 valence electrons. The number of esters is 1. The molecule has 0 aromatic heterocycles. The van der Waals surface area contributed by atoms with E-state index in [1.54, 1.807) is 54.6 Å². The normalized spacial score (nSPS) is 10.3. The zero-order valence-electron chi connectivity index (χ0n) is 17.4. The third kappa shape index (κ3) is 5.49. The number of nitriles is 1. The Morgan fingerprint density at radius 3 is 2.41 bits per heavy atom. The molecule has 3 aromatic rings. The van der Waals surface area contributed by atoms with Crippen molar-refractivity contribution in [1.82, 2.24) is 5.43 Å². The molecule has 8 nitrogen and oxygen atoms in total. The molecule has 0 saturated carbocycles. The van der Waals surface area contributed by atoms with Gasteiger partial charge in [0.15, 0.2) is 11.5 Å². The maximum Gasteiger partial charge on any atom is 0.343 e. The number of nitrogens with one attached hydrogen (secondary N) is 1. The Kier molecular flexibility index (Phi) is 7.17. The van der Waals surface area contributed by atoms with Gasteiger partial charge in [-0.15, -0.1) is 0 Å². The number of carbonyl (C=O) groups excluding carboxylic acids is 2. The summed E-state index contributed by atoms with van der Waals surface area (Å²) < 4.78 is 15.9. The number of hydrogen-bond acceptors (Lipinski definition) is 7. The van der Waals surface area contributed by atoms with E-state index in [-0.39, 0.29) is 5.75 Å². The number of rotatable bonds is 7. The lowest BCUT2D eigenvalue weighted by Crippen LogP contribution is -2.17. The second kappa shape index (κ2) is 10.4. The number of amides is 1. The number of ether oxygens (including phenoxy) is 3. The first-order valence-corrected chi connectivity index (χ1v) is 9.42. The van der Waals surface area contributed by atoms with E-state index in [0.29, 0.717) is 33.8 Å². The minimum absolute atomic E-state index is 0.235. The van der Waals surface area contributed by atoms with Crippen LogP contribution in [0.2, 0.25) is 0 Å². The number of hydrogen-bond donors (Lipinski definition) is 1. The second-order valence-corrected chi connectivity index (χ2v) is 6.42. The smallest absolute Gasteiger partial charge is 0.343 e. The van der Waals surface area contributed by atoms with Gasteiger partial charge in [0.25, 0.3) is 5.91 Å². The minimum atomic E-state index is -0.557. The highest BCUT2D eigenvalue weighted by Crippen LogP contribution is 2.28. The van der Waals surface area contributed by atoms with Gasteiger partial charge in [-0.3, -0.25) is 4.79 Å². The molecule has 0 radical (unpaired) electrons. The van der Waals surface area contributed by atoms with Gasteiger partial charge >= 0.3 is 5.97 Å². The third-order valence-corrected chi connectivity index (χ3v) is 4.35. The molecule has 0 heterocycles. The molecular weight excluding hydrogens is 410 g/mol. The van der Waals surface area contributed by atoms with Gasteiger partial charge in [0.2, 0.25) is 0 Å². The average molecular weight is 429 g/mol. The van der Waals surface area contributed by atoms with Crippen molar-refractivity contribution in [3.63, 3.8) is 0 Å². The summed E-state index contributed by atoms with van der Waals surface area (Å²) in [7, 11) is 2.96. The summed E-state index contributed by atoms with van der Waals surface area (Å²) in [6.45, 7) is 0. The maximum absolute atomic E-state index is 12.4. The summed E-state index contributed by atoms with van der Waals surface area (Å²) in [5.41, 5.74) is 4.20. The molecule has 0 aliphatic heterocycles. The topological polar surface area (TPSA) is 110 Å². The van der Waals surface area contributed by atoms with Crippen LogP contribution in [0.4, 0.5) is 0 Å². The molecule has 0 bridgehead atoms. The van der Waals surface area contributed by atoms with Crippen molar-refractivity contribution in [2.75, 3.05) is 14.2 Å². The predicted octanol–water partition coefficient (Wildman–Crippen LogP) is 3.56. The molecule has 0 aliphatic rings. The molecule has 0 aliphatic carbocycles. The molecule has 8 heteroatoms. The van der Waals surface area contributed by atoms with Gasteiger partial charge in [0.1, 0.15) is 5.75 Å². The van der Waals surface area contributed by atoms with Gasteiger partial charge in [0, 0.05) is 5.56 Å². The van der Waals surface area contributed by atoms with Crippen molar-refractivity contribution in [3.05, 3.63) is 89.0 Å².